The molecule has 15 heteroatoms. The molecule has 0 spiro atoms. The van der Waals surface area contributed by atoms with Gasteiger partial charge in [0.1, 0.15) is 18.1 Å². The lowest BCUT2D eigenvalue weighted by molar-refractivity contribution is -0.142. The minimum atomic E-state index is -1.28. The molecule has 204 valence electrons. The number of guanidine groups is 1. The summed E-state index contributed by atoms with van der Waals surface area (Å²) in [7, 11) is 0. The Kier molecular flexibility index (Phi) is 14.3. The molecule has 4 atom stereocenters. The standard InChI is InChI=1S/C21H38N8O6S/c1-36-11-8-14(28-17(31)12-4-2-9-25-12)19(33)27-13(6-7-16(22)30)18(32)29-15(20(34)35)5-3-10-26-21(23)24/h12-15,25H,2-11H2,1H3,(H2,22,30)(H,27,33)(H,28,31)(H,29,32)(H,34,35)(H4,23,24,26). The molecule has 14 nitrogen and oxygen atoms in total. The zero-order chi connectivity index (χ0) is 27.1. The van der Waals surface area contributed by atoms with Crippen LogP contribution in [0.1, 0.15) is 44.9 Å². The minimum absolute atomic E-state index is 0.0368. The fraction of sp³-hybridized carbons (Fsp3) is 0.714. The number of amides is 4. The number of nitrogens with two attached hydrogens (primary N) is 3. The maximum atomic E-state index is 13.0. The summed E-state index contributed by atoms with van der Waals surface area (Å²) >= 11 is 1.49. The van der Waals surface area contributed by atoms with E-state index in [0.29, 0.717) is 25.1 Å². The van der Waals surface area contributed by atoms with Gasteiger partial charge in [0, 0.05) is 13.0 Å². The summed E-state index contributed by atoms with van der Waals surface area (Å²) < 4.78 is 0. The van der Waals surface area contributed by atoms with Gasteiger partial charge in [-0.2, -0.15) is 11.8 Å². The lowest BCUT2D eigenvalue weighted by Gasteiger charge is -2.25. The van der Waals surface area contributed by atoms with Gasteiger partial charge in [-0.25, -0.2) is 4.79 Å². The Morgan fingerprint density at radius 1 is 1.00 bits per heavy atom. The predicted molar refractivity (Wildman–Crippen MR) is 136 cm³/mol. The highest BCUT2D eigenvalue weighted by atomic mass is 32.2. The monoisotopic (exact) mass is 530 g/mol. The van der Waals surface area contributed by atoms with E-state index in [1.807, 2.05) is 6.26 Å². The van der Waals surface area contributed by atoms with Gasteiger partial charge in [-0.05, 0) is 57.1 Å². The molecule has 1 heterocycles. The first-order valence-electron chi connectivity index (χ1n) is 11.7. The number of nitrogens with one attached hydrogen (secondary N) is 4. The summed E-state index contributed by atoms with van der Waals surface area (Å²) in [4.78, 5) is 65.2. The van der Waals surface area contributed by atoms with Gasteiger partial charge in [-0.15, -0.1) is 0 Å². The molecule has 1 aliphatic heterocycles. The molecule has 0 aromatic rings. The molecule has 11 N–H and O–H groups in total. The fourth-order valence-electron chi connectivity index (χ4n) is 3.55. The van der Waals surface area contributed by atoms with Crippen molar-refractivity contribution < 1.29 is 29.1 Å². The summed E-state index contributed by atoms with van der Waals surface area (Å²) in [6, 6.07) is -3.80. The molecule has 0 aliphatic carbocycles. The third kappa shape index (κ3) is 12.1. The SMILES string of the molecule is CSCCC(NC(=O)C1CCCN1)C(=O)NC(CCC(N)=O)C(=O)NC(CCCN=C(N)N)C(=O)O. The van der Waals surface area contributed by atoms with E-state index >= 15 is 0 Å². The van der Waals surface area contributed by atoms with Crippen LogP contribution >= 0.6 is 11.8 Å². The molecule has 0 radical (unpaired) electrons. The van der Waals surface area contributed by atoms with Gasteiger partial charge >= 0.3 is 5.97 Å². The summed E-state index contributed by atoms with van der Waals surface area (Å²) in [5, 5.41) is 20.2. The highest BCUT2D eigenvalue weighted by Gasteiger charge is 2.31. The zero-order valence-corrected chi connectivity index (χ0v) is 21.3. The molecule has 0 aromatic heterocycles. The Morgan fingerprint density at radius 3 is 2.17 bits per heavy atom. The molecular weight excluding hydrogens is 492 g/mol. The zero-order valence-electron chi connectivity index (χ0n) is 20.5. The normalized spacial score (nSPS) is 17.3. The van der Waals surface area contributed by atoms with Crippen molar-refractivity contribution in [1.82, 2.24) is 21.3 Å². The lowest BCUT2D eigenvalue weighted by Crippen LogP contribution is -2.57. The third-order valence-corrected chi connectivity index (χ3v) is 6.14. The Labute approximate surface area is 214 Å². The molecule has 1 rings (SSSR count). The number of carboxylic acid groups (broad SMARTS) is 1. The number of aliphatic carboxylic acids is 1. The first-order chi connectivity index (χ1) is 17.0. The van der Waals surface area contributed by atoms with Crippen LogP contribution in [0.3, 0.4) is 0 Å². The van der Waals surface area contributed by atoms with Crippen molar-refractivity contribution in [3.63, 3.8) is 0 Å². The number of hydrogen-bond acceptors (Lipinski definition) is 8. The fourth-order valence-corrected chi connectivity index (χ4v) is 4.02. The van der Waals surface area contributed by atoms with Crippen LogP contribution in [-0.2, 0) is 24.0 Å². The highest BCUT2D eigenvalue weighted by Crippen LogP contribution is 2.09. The first-order valence-corrected chi connectivity index (χ1v) is 13.1. The van der Waals surface area contributed by atoms with Gasteiger partial charge in [0.2, 0.25) is 23.6 Å². The Balaban J connectivity index is 2.89. The maximum absolute atomic E-state index is 13.0. The predicted octanol–water partition coefficient (Wildman–Crippen LogP) is -2.65. The largest absolute Gasteiger partial charge is 0.480 e. The number of thioether (sulfide) groups is 1. The van der Waals surface area contributed by atoms with Gasteiger partial charge < -0.3 is 43.6 Å². The summed E-state index contributed by atoms with van der Waals surface area (Å²) in [5.41, 5.74) is 15.7. The molecular formula is C21H38N8O6S. The van der Waals surface area contributed by atoms with E-state index in [4.69, 9.17) is 17.2 Å². The third-order valence-electron chi connectivity index (χ3n) is 5.49. The van der Waals surface area contributed by atoms with Crippen LogP contribution < -0.4 is 38.5 Å². The van der Waals surface area contributed by atoms with E-state index in [2.05, 4.69) is 26.3 Å². The summed E-state index contributed by atoms with van der Waals surface area (Å²) in [6.45, 7) is 0.891. The van der Waals surface area contributed by atoms with E-state index in [1.165, 1.54) is 11.8 Å². The molecule has 1 aliphatic rings. The number of primary amides is 1. The van der Waals surface area contributed by atoms with Crippen LogP contribution in [-0.4, -0.2) is 89.9 Å². The van der Waals surface area contributed by atoms with Crippen molar-refractivity contribution >= 4 is 47.3 Å². The van der Waals surface area contributed by atoms with Gasteiger partial charge in [0.05, 0.1) is 6.04 Å². The van der Waals surface area contributed by atoms with E-state index in [0.717, 1.165) is 6.42 Å². The molecule has 36 heavy (non-hydrogen) atoms. The second-order valence-corrected chi connectivity index (χ2v) is 9.39. The summed E-state index contributed by atoms with van der Waals surface area (Å²) in [6.07, 6.45) is 3.66. The second kappa shape index (κ2) is 16.6. The molecule has 0 saturated carbocycles. The van der Waals surface area contributed by atoms with Crippen LogP contribution in [0, 0.1) is 0 Å². The van der Waals surface area contributed by atoms with Crippen molar-refractivity contribution in [3.8, 4) is 0 Å². The Hall–Kier alpha value is -3.07. The van der Waals surface area contributed by atoms with Crippen molar-refractivity contribution in [2.45, 2.75) is 69.1 Å². The first kappa shape index (κ1) is 31.0. The summed E-state index contributed by atoms with van der Waals surface area (Å²) in [5.74, 6) is -3.22. The Bertz CT molecular complexity index is 801. The number of hydrogen-bond donors (Lipinski definition) is 8. The molecule has 0 aromatic carbocycles. The number of aliphatic imine (C=N–C) groups is 1. The number of rotatable bonds is 17. The van der Waals surface area contributed by atoms with Gasteiger partial charge in [0.15, 0.2) is 5.96 Å². The van der Waals surface area contributed by atoms with Gasteiger partial charge in [-0.3, -0.25) is 24.2 Å². The average Bonchev–Trinajstić information content (AvgIpc) is 3.35. The molecule has 4 amide bonds. The maximum Gasteiger partial charge on any atom is 0.326 e. The minimum Gasteiger partial charge on any atom is -0.480 e. The quantitative estimate of drug-likeness (QED) is 0.0551. The van der Waals surface area contributed by atoms with E-state index in [1.54, 1.807) is 0 Å². The van der Waals surface area contributed by atoms with E-state index in [9.17, 15) is 29.1 Å². The molecule has 1 fully saturated rings. The van der Waals surface area contributed by atoms with Gasteiger partial charge in [0.25, 0.3) is 0 Å². The average molecular weight is 531 g/mol. The van der Waals surface area contributed by atoms with Crippen molar-refractivity contribution in [2.24, 2.45) is 22.2 Å². The van der Waals surface area contributed by atoms with Crippen LogP contribution in [0.25, 0.3) is 0 Å². The van der Waals surface area contributed by atoms with Gasteiger partial charge in [-0.1, -0.05) is 0 Å². The smallest absolute Gasteiger partial charge is 0.326 e. The second-order valence-electron chi connectivity index (χ2n) is 8.41. The van der Waals surface area contributed by atoms with E-state index < -0.39 is 41.8 Å². The molecule has 4 unspecified atom stereocenters. The molecule has 1 saturated heterocycles. The Morgan fingerprint density at radius 2 is 1.64 bits per heavy atom. The number of carbonyl (C=O) groups is 5. The lowest BCUT2D eigenvalue weighted by atomic mass is 10.1. The number of nitrogens with zero attached hydrogens (tertiary/aromatic N) is 1. The van der Waals surface area contributed by atoms with Crippen LogP contribution in [0.4, 0.5) is 0 Å². The number of carbonyl (C=O) groups excluding carboxylic acids is 4. The van der Waals surface area contributed by atoms with Crippen LogP contribution in [0.2, 0.25) is 0 Å². The van der Waals surface area contributed by atoms with Crippen molar-refractivity contribution in [1.29, 1.82) is 0 Å². The molecule has 0 bridgehead atoms. The topological polar surface area (TPSA) is 244 Å². The highest BCUT2D eigenvalue weighted by molar-refractivity contribution is 7.98. The van der Waals surface area contributed by atoms with E-state index in [-0.39, 0.29) is 50.1 Å². The van der Waals surface area contributed by atoms with Crippen LogP contribution in [0.15, 0.2) is 4.99 Å². The van der Waals surface area contributed by atoms with Crippen LogP contribution in [0.5, 0.6) is 0 Å². The number of carboxylic acids is 1. The van der Waals surface area contributed by atoms with Crippen molar-refractivity contribution in [2.75, 3.05) is 25.1 Å². The van der Waals surface area contributed by atoms with Crippen molar-refractivity contribution in [3.05, 3.63) is 0 Å².